The minimum absolute atomic E-state index is 0.383. The van der Waals surface area contributed by atoms with Gasteiger partial charge < -0.3 is 10.0 Å². The highest BCUT2D eigenvalue weighted by Gasteiger charge is 2.26. The van der Waals surface area contributed by atoms with Crippen LogP contribution >= 0.6 is 0 Å². The summed E-state index contributed by atoms with van der Waals surface area (Å²) in [7, 11) is 0. The topological polar surface area (TPSA) is 23.5 Å². The van der Waals surface area contributed by atoms with E-state index in [9.17, 15) is 0 Å². The molecule has 14 heavy (non-hydrogen) atoms. The van der Waals surface area contributed by atoms with E-state index in [1.807, 2.05) is 0 Å². The Bertz CT molecular complexity index is 158. The number of likely N-dealkylation sites (tertiary alicyclic amines) is 1. The number of rotatable bonds is 3. The predicted octanol–water partition coefficient (Wildman–Crippen LogP) is 2.02. The van der Waals surface area contributed by atoms with Crippen molar-refractivity contribution in [3.63, 3.8) is 0 Å². The first kappa shape index (κ1) is 10.4. The highest BCUT2D eigenvalue weighted by Crippen LogP contribution is 2.28. The van der Waals surface area contributed by atoms with Crippen LogP contribution in [0.3, 0.4) is 0 Å². The standard InChI is InChI=1S/C12H23NO/c14-10-7-11-5-8-13(9-6-11)12-3-1-2-4-12/h11-12,14H,1-10H2. The van der Waals surface area contributed by atoms with Gasteiger partial charge in [0.25, 0.3) is 0 Å². The molecule has 0 amide bonds. The first-order valence-electron chi connectivity index (χ1n) is 6.25. The van der Waals surface area contributed by atoms with Crippen LogP contribution in [-0.4, -0.2) is 35.7 Å². The van der Waals surface area contributed by atoms with Gasteiger partial charge in [0.15, 0.2) is 0 Å². The van der Waals surface area contributed by atoms with Crippen LogP contribution in [0, 0.1) is 5.92 Å². The fourth-order valence-corrected chi connectivity index (χ4v) is 3.06. The van der Waals surface area contributed by atoms with Crippen molar-refractivity contribution in [2.24, 2.45) is 5.92 Å². The molecule has 0 radical (unpaired) electrons. The molecule has 1 N–H and O–H groups in total. The Morgan fingerprint density at radius 3 is 2.21 bits per heavy atom. The second kappa shape index (κ2) is 5.13. The summed E-state index contributed by atoms with van der Waals surface area (Å²) in [5, 5.41) is 8.88. The summed E-state index contributed by atoms with van der Waals surface area (Å²) in [5.41, 5.74) is 0. The van der Waals surface area contributed by atoms with E-state index in [2.05, 4.69) is 4.90 Å². The van der Waals surface area contributed by atoms with E-state index in [-0.39, 0.29) is 0 Å². The van der Waals surface area contributed by atoms with Crippen LogP contribution < -0.4 is 0 Å². The fraction of sp³-hybridized carbons (Fsp3) is 1.00. The highest BCUT2D eigenvalue weighted by atomic mass is 16.3. The summed E-state index contributed by atoms with van der Waals surface area (Å²) in [4.78, 5) is 2.70. The lowest BCUT2D eigenvalue weighted by atomic mass is 9.93. The monoisotopic (exact) mass is 197 g/mol. The van der Waals surface area contributed by atoms with Gasteiger partial charge in [-0.15, -0.1) is 0 Å². The van der Waals surface area contributed by atoms with E-state index in [0.29, 0.717) is 6.61 Å². The first-order chi connectivity index (χ1) is 6.90. The molecule has 1 aliphatic heterocycles. The molecule has 2 heteroatoms. The predicted molar refractivity (Wildman–Crippen MR) is 58.3 cm³/mol. The van der Waals surface area contributed by atoms with Crippen LogP contribution in [0.5, 0.6) is 0 Å². The van der Waals surface area contributed by atoms with Crippen molar-refractivity contribution in [1.29, 1.82) is 0 Å². The molecule has 0 bridgehead atoms. The van der Waals surface area contributed by atoms with Crippen molar-refractivity contribution in [3.8, 4) is 0 Å². The van der Waals surface area contributed by atoms with Crippen LogP contribution in [0.1, 0.15) is 44.9 Å². The maximum Gasteiger partial charge on any atom is 0.0433 e. The van der Waals surface area contributed by atoms with Gasteiger partial charge in [0.2, 0.25) is 0 Å². The summed E-state index contributed by atoms with van der Waals surface area (Å²) in [6.07, 6.45) is 9.42. The molecule has 0 aromatic heterocycles. The number of aliphatic hydroxyl groups is 1. The lowest BCUT2D eigenvalue weighted by Gasteiger charge is -2.35. The zero-order valence-corrected chi connectivity index (χ0v) is 9.12. The van der Waals surface area contributed by atoms with Crippen molar-refractivity contribution in [1.82, 2.24) is 4.90 Å². The van der Waals surface area contributed by atoms with Crippen molar-refractivity contribution in [2.45, 2.75) is 51.0 Å². The summed E-state index contributed by atoms with van der Waals surface area (Å²) in [5.74, 6) is 0.803. The lowest BCUT2D eigenvalue weighted by Crippen LogP contribution is -2.40. The highest BCUT2D eigenvalue weighted by molar-refractivity contribution is 4.81. The molecule has 0 aromatic carbocycles. The average molecular weight is 197 g/mol. The summed E-state index contributed by atoms with van der Waals surface area (Å²) >= 11 is 0. The molecular weight excluding hydrogens is 174 g/mol. The number of piperidine rings is 1. The van der Waals surface area contributed by atoms with Crippen molar-refractivity contribution in [3.05, 3.63) is 0 Å². The van der Waals surface area contributed by atoms with E-state index < -0.39 is 0 Å². The number of hydrogen-bond acceptors (Lipinski definition) is 2. The van der Waals surface area contributed by atoms with Gasteiger partial charge in [-0.05, 0) is 51.1 Å². The van der Waals surface area contributed by atoms with Gasteiger partial charge in [-0.25, -0.2) is 0 Å². The van der Waals surface area contributed by atoms with E-state index in [1.165, 1.54) is 51.6 Å². The van der Waals surface area contributed by atoms with E-state index in [4.69, 9.17) is 5.11 Å². The van der Waals surface area contributed by atoms with Crippen LogP contribution in [0.4, 0.5) is 0 Å². The van der Waals surface area contributed by atoms with E-state index in [1.54, 1.807) is 0 Å². The number of hydrogen-bond donors (Lipinski definition) is 1. The Balaban J connectivity index is 1.72. The molecule has 1 saturated heterocycles. The average Bonchev–Trinajstić information content (AvgIpc) is 2.72. The number of aliphatic hydroxyl groups excluding tert-OH is 1. The molecule has 0 spiro atoms. The zero-order valence-electron chi connectivity index (χ0n) is 9.12. The smallest absolute Gasteiger partial charge is 0.0433 e. The van der Waals surface area contributed by atoms with Gasteiger partial charge in [-0.1, -0.05) is 12.8 Å². The second-order valence-electron chi connectivity index (χ2n) is 4.93. The van der Waals surface area contributed by atoms with Gasteiger partial charge >= 0.3 is 0 Å². The Morgan fingerprint density at radius 1 is 1.00 bits per heavy atom. The van der Waals surface area contributed by atoms with Crippen molar-refractivity contribution >= 4 is 0 Å². The molecule has 0 atom stereocenters. The van der Waals surface area contributed by atoms with Crippen LogP contribution in [-0.2, 0) is 0 Å². The summed E-state index contributed by atoms with van der Waals surface area (Å²) in [6, 6.07) is 0.907. The third-order valence-electron chi connectivity index (χ3n) is 4.03. The van der Waals surface area contributed by atoms with Crippen LogP contribution in [0.15, 0.2) is 0 Å². The molecule has 0 unspecified atom stereocenters. The quantitative estimate of drug-likeness (QED) is 0.748. The van der Waals surface area contributed by atoms with Crippen molar-refractivity contribution < 1.29 is 5.11 Å². The SMILES string of the molecule is OCCC1CCN(C2CCCC2)CC1. The van der Waals surface area contributed by atoms with Gasteiger partial charge in [0, 0.05) is 12.6 Å². The minimum Gasteiger partial charge on any atom is -0.396 e. The Kier molecular flexibility index (Phi) is 3.82. The maximum atomic E-state index is 8.88. The van der Waals surface area contributed by atoms with Gasteiger partial charge in [0.05, 0.1) is 0 Å². The van der Waals surface area contributed by atoms with Gasteiger partial charge in [0.1, 0.15) is 0 Å². The summed E-state index contributed by atoms with van der Waals surface area (Å²) < 4.78 is 0. The molecule has 1 aliphatic carbocycles. The van der Waals surface area contributed by atoms with E-state index >= 15 is 0 Å². The molecule has 2 rings (SSSR count). The van der Waals surface area contributed by atoms with E-state index in [0.717, 1.165) is 18.4 Å². The maximum absolute atomic E-state index is 8.88. The van der Waals surface area contributed by atoms with Gasteiger partial charge in [-0.3, -0.25) is 0 Å². The molecule has 82 valence electrons. The Morgan fingerprint density at radius 2 is 1.64 bits per heavy atom. The van der Waals surface area contributed by atoms with Crippen molar-refractivity contribution in [2.75, 3.05) is 19.7 Å². The third-order valence-corrected chi connectivity index (χ3v) is 4.03. The molecule has 1 saturated carbocycles. The summed E-state index contributed by atoms with van der Waals surface area (Å²) in [6.45, 7) is 2.96. The largest absolute Gasteiger partial charge is 0.396 e. The van der Waals surface area contributed by atoms with Gasteiger partial charge in [-0.2, -0.15) is 0 Å². The molecule has 2 fully saturated rings. The molecule has 2 aliphatic rings. The Hall–Kier alpha value is -0.0800. The lowest BCUT2D eigenvalue weighted by molar-refractivity contribution is 0.120. The minimum atomic E-state index is 0.383. The molecule has 2 nitrogen and oxygen atoms in total. The van der Waals surface area contributed by atoms with Crippen LogP contribution in [0.25, 0.3) is 0 Å². The zero-order chi connectivity index (χ0) is 9.80. The molecule has 1 heterocycles. The molecule has 0 aromatic rings. The second-order valence-corrected chi connectivity index (χ2v) is 4.93. The fourth-order valence-electron chi connectivity index (χ4n) is 3.06. The first-order valence-corrected chi connectivity index (χ1v) is 6.25. The normalized spacial score (nSPS) is 27.2. The number of nitrogens with zero attached hydrogens (tertiary/aromatic N) is 1. The third kappa shape index (κ3) is 2.48. The molecular formula is C12H23NO. The Labute approximate surface area is 87.3 Å². The van der Waals surface area contributed by atoms with Crippen LogP contribution in [0.2, 0.25) is 0 Å².